The van der Waals surface area contributed by atoms with E-state index in [1.807, 2.05) is 26.0 Å². The molecule has 98 valence electrons. The van der Waals surface area contributed by atoms with Crippen LogP contribution in [0.15, 0.2) is 23.8 Å². The smallest absolute Gasteiger partial charge is 0.309 e. The third-order valence-corrected chi connectivity index (χ3v) is 5.96. The van der Waals surface area contributed by atoms with Crippen molar-refractivity contribution in [1.29, 1.82) is 0 Å². The van der Waals surface area contributed by atoms with Gasteiger partial charge in [0.25, 0.3) is 0 Å². The van der Waals surface area contributed by atoms with Gasteiger partial charge in [0.2, 0.25) is 0 Å². The van der Waals surface area contributed by atoms with Crippen LogP contribution in [0.4, 0.5) is 0 Å². The van der Waals surface area contributed by atoms with E-state index in [9.17, 15) is 15.0 Å². The summed E-state index contributed by atoms with van der Waals surface area (Å²) in [5, 5.41) is 19.6. The Labute approximate surface area is 107 Å². The maximum Gasteiger partial charge on any atom is 0.309 e. The van der Waals surface area contributed by atoms with Crippen LogP contribution in [0.3, 0.4) is 0 Å². The van der Waals surface area contributed by atoms with Crippen LogP contribution in [-0.2, 0) is 4.79 Å². The van der Waals surface area contributed by atoms with E-state index in [2.05, 4.69) is 13.0 Å². The van der Waals surface area contributed by atoms with Crippen molar-refractivity contribution < 1.29 is 15.0 Å². The average Bonchev–Trinajstić information content (AvgIpc) is 2.94. The number of hydrogen-bond acceptors (Lipinski definition) is 2. The number of aliphatic hydroxyl groups is 1. The van der Waals surface area contributed by atoms with Gasteiger partial charge in [0.1, 0.15) is 0 Å². The highest BCUT2D eigenvalue weighted by atomic mass is 16.4. The summed E-state index contributed by atoms with van der Waals surface area (Å²) in [7, 11) is 0. The van der Waals surface area contributed by atoms with Crippen LogP contribution in [0.25, 0.3) is 0 Å². The summed E-state index contributed by atoms with van der Waals surface area (Å²) in [6.07, 6.45) is 6.38. The molecule has 3 nitrogen and oxygen atoms in total. The fourth-order valence-electron chi connectivity index (χ4n) is 4.49. The third kappa shape index (κ3) is 1.11. The second kappa shape index (κ2) is 3.27. The summed E-state index contributed by atoms with van der Waals surface area (Å²) in [5.74, 6) is -0.241. The van der Waals surface area contributed by atoms with E-state index in [0.717, 1.165) is 6.42 Å². The van der Waals surface area contributed by atoms with E-state index in [0.29, 0.717) is 0 Å². The molecule has 3 rings (SSSR count). The quantitative estimate of drug-likeness (QED) is 0.748. The first-order valence-electron chi connectivity index (χ1n) is 6.65. The van der Waals surface area contributed by atoms with Gasteiger partial charge in [-0.25, -0.2) is 0 Å². The van der Waals surface area contributed by atoms with E-state index in [1.165, 1.54) is 5.57 Å². The molecule has 3 heteroatoms. The van der Waals surface area contributed by atoms with Crippen molar-refractivity contribution in [3.63, 3.8) is 0 Å². The Morgan fingerprint density at radius 2 is 2.11 bits per heavy atom. The van der Waals surface area contributed by atoms with Crippen LogP contribution in [0.1, 0.15) is 27.2 Å². The predicted molar refractivity (Wildman–Crippen MR) is 67.8 cm³/mol. The van der Waals surface area contributed by atoms with Gasteiger partial charge in [-0.05, 0) is 36.7 Å². The lowest BCUT2D eigenvalue weighted by molar-refractivity contribution is -0.144. The molecule has 3 aliphatic carbocycles. The minimum atomic E-state index is -0.690. The van der Waals surface area contributed by atoms with E-state index in [4.69, 9.17) is 0 Å². The lowest BCUT2D eigenvalue weighted by Gasteiger charge is -2.44. The fraction of sp³-hybridized carbons (Fsp3) is 0.667. The second-order valence-corrected chi connectivity index (χ2v) is 6.49. The van der Waals surface area contributed by atoms with Gasteiger partial charge in [-0.2, -0.15) is 0 Å². The van der Waals surface area contributed by atoms with Gasteiger partial charge in [0.05, 0.1) is 11.5 Å². The molecule has 2 N–H and O–H groups in total. The van der Waals surface area contributed by atoms with Gasteiger partial charge in [-0.3, -0.25) is 4.79 Å². The summed E-state index contributed by atoms with van der Waals surface area (Å²) < 4.78 is 0. The molecular formula is C15H20O3. The predicted octanol–water partition coefficient (Wildman–Crippen LogP) is 2.23. The Morgan fingerprint density at radius 3 is 2.72 bits per heavy atom. The molecule has 0 unspecified atom stereocenters. The summed E-state index contributed by atoms with van der Waals surface area (Å²) in [6.45, 7) is 6.02. The molecule has 0 saturated heterocycles. The van der Waals surface area contributed by atoms with Gasteiger partial charge in [0, 0.05) is 5.41 Å². The molecule has 18 heavy (non-hydrogen) atoms. The van der Waals surface area contributed by atoms with Crippen LogP contribution in [0, 0.1) is 28.6 Å². The zero-order valence-corrected chi connectivity index (χ0v) is 11.1. The monoisotopic (exact) mass is 248 g/mol. The number of fused-ring (bicyclic) bond motifs is 3. The highest BCUT2D eigenvalue weighted by molar-refractivity contribution is 5.80. The Bertz CT molecular complexity index is 478. The number of hydrogen-bond donors (Lipinski definition) is 2. The maximum absolute atomic E-state index is 11.6. The zero-order valence-electron chi connectivity index (χ0n) is 11.1. The maximum atomic E-state index is 11.6. The number of aliphatic hydroxyl groups excluding tert-OH is 1. The highest BCUT2D eigenvalue weighted by Crippen LogP contribution is 2.73. The van der Waals surface area contributed by atoms with Crippen molar-refractivity contribution in [2.24, 2.45) is 28.6 Å². The minimum Gasteiger partial charge on any atom is -0.481 e. The van der Waals surface area contributed by atoms with Crippen LogP contribution >= 0.6 is 0 Å². The molecule has 6 atom stereocenters. The first kappa shape index (κ1) is 12.0. The standard InChI is InChI=1S/C15H20O3/c1-8-11(16)7-5-9-4-6-10-12(14(8,9)2)15(10,3)13(17)18/h4-5,7-8,10-12,16H,6H2,1-3H3,(H,17,18)/t8-,10-,11+,12-,14+,15+/m1/s1. The van der Waals surface area contributed by atoms with Gasteiger partial charge >= 0.3 is 5.97 Å². The Hall–Kier alpha value is -1.09. The molecule has 1 fully saturated rings. The van der Waals surface area contributed by atoms with E-state index < -0.39 is 17.5 Å². The SMILES string of the molecule is C[C@@H]1[C@@H](O)C=CC2=CC[C@@H]3[C@H]([C@]21C)[C@@]3(C)C(=O)O. The number of aliphatic carboxylic acids is 1. The normalized spacial score (nSPS) is 53.2. The Kier molecular flexibility index (Phi) is 2.17. The third-order valence-electron chi connectivity index (χ3n) is 5.96. The Balaban J connectivity index is 2.08. The van der Waals surface area contributed by atoms with Gasteiger partial charge in [0.15, 0.2) is 0 Å². The van der Waals surface area contributed by atoms with E-state index in [-0.39, 0.29) is 23.2 Å². The minimum absolute atomic E-state index is 0.0720. The number of carboxylic acids is 1. The zero-order chi connectivity index (χ0) is 13.3. The molecule has 0 aliphatic heterocycles. The molecule has 0 aromatic heterocycles. The summed E-state index contributed by atoms with van der Waals surface area (Å²) in [5.41, 5.74) is 0.391. The molecule has 0 aromatic rings. The van der Waals surface area contributed by atoms with Crippen molar-refractivity contribution in [3.05, 3.63) is 23.8 Å². The van der Waals surface area contributed by atoms with Crippen molar-refractivity contribution in [2.75, 3.05) is 0 Å². The van der Waals surface area contributed by atoms with Crippen LogP contribution in [0.2, 0.25) is 0 Å². The molecular weight excluding hydrogens is 228 g/mol. The van der Waals surface area contributed by atoms with Crippen molar-refractivity contribution in [3.8, 4) is 0 Å². The first-order chi connectivity index (χ1) is 8.34. The summed E-state index contributed by atoms with van der Waals surface area (Å²) in [6, 6.07) is 0. The molecule has 3 aliphatic rings. The van der Waals surface area contributed by atoms with Gasteiger partial charge in [-0.15, -0.1) is 0 Å². The molecule has 0 aromatic carbocycles. The Morgan fingerprint density at radius 1 is 1.44 bits per heavy atom. The largest absolute Gasteiger partial charge is 0.481 e. The molecule has 0 radical (unpaired) electrons. The number of carboxylic acid groups (broad SMARTS) is 1. The number of carbonyl (C=O) groups is 1. The van der Waals surface area contributed by atoms with E-state index in [1.54, 1.807) is 0 Å². The molecule has 0 spiro atoms. The number of allylic oxidation sites excluding steroid dienone is 3. The average molecular weight is 248 g/mol. The molecule has 1 saturated carbocycles. The van der Waals surface area contributed by atoms with Crippen molar-refractivity contribution in [2.45, 2.75) is 33.3 Å². The molecule has 0 amide bonds. The van der Waals surface area contributed by atoms with Crippen LogP contribution in [0.5, 0.6) is 0 Å². The summed E-state index contributed by atoms with van der Waals surface area (Å²) in [4.78, 5) is 11.6. The van der Waals surface area contributed by atoms with Crippen molar-refractivity contribution >= 4 is 5.97 Å². The lowest BCUT2D eigenvalue weighted by Crippen LogP contribution is -2.42. The van der Waals surface area contributed by atoms with Gasteiger partial charge in [-0.1, -0.05) is 32.1 Å². The molecule has 0 bridgehead atoms. The topological polar surface area (TPSA) is 57.5 Å². The van der Waals surface area contributed by atoms with Crippen LogP contribution in [-0.4, -0.2) is 22.3 Å². The second-order valence-electron chi connectivity index (χ2n) is 6.49. The lowest BCUT2D eigenvalue weighted by atomic mass is 9.60. The first-order valence-corrected chi connectivity index (χ1v) is 6.65. The van der Waals surface area contributed by atoms with E-state index >= 15 is 0 Å². The fourth-order valence-corrected chi connectivity index (χ4v) is 4.49. The van der Waals surface area contributed by atoms with Crippen LogP contribution < -0.4 is 0 Å². The van der Waals surface area contributed by atoms with Crippen molar-refractivity contribution in [1.82, 2.24) is 0 Å². The highest BCUT2D eigenvalue weighted by Gasteiger charge is 2.74. The van der Waals surface area contributed by atoms with Gasteiger partial charge < -0.3 is 10.2 Å². The summed E-state index contributed by atoms with van der Waals surface area (Å²) >= 11 is 0. The molecule has 0 heterocycles. The number of rotatable bonds is 1.